The van der Waals surface area contributed by atoms with Gasteiger partial charge >= 0.3 is 5.69 Å². The molecule has 0 atom stereocenters. The van der Waals surface area contributed by atoms with Crippen LogP contribution in [0, 0.1) is 21.7 Å². The Bertz CT molecular complexity index is 605. The number of nitrogens with one attached hydrogen (secondary N) is 1. The van der Waals surface area contributed by atoms with Crippen LogP contribution >= 0.6 is 0 Å². The molecular formula is C13H15F2N3O3. The van der Waals surface area contributed by atoms with Gasteiger partial charge in [-0.25, -0.2) is 4.39 Å². The Morgan fingerprint density at radius 2 is 2.10 bits per heavy atom. The van der Waals surface area contributed by atoms with E-state index in [9.17, 15) is 23.7 Å². The summed E-state index contributed by atoms with van der Waals surface area (Å²) in [6, 6.07) is 1.16. The Morgan fingerprint density at radius 3 is 2.67 bits per heavy atom. The van der Waals surface area contributed by atoms with Crippen molar-refractivity contribution in [3.05, 3.63) is 39.4 Å². The van der Waals surface area contributed by atoms with Crippen molar-refractivity contribution < 1.29 is 18.5 Å². The first kappa shape index (κ1) is 15.3. The van der Waals surface area contributed by atoms with Gasteiger partial charge in [0.1, 0.15) is 5.82 Å². The lowest BCUT2D eigenvalue weighted by molar-refractivity contribution is -0.387. The third kappa shape index (κ3) is 2.85. The number of piperazine rings is 1. The van der Waals surface area contributed by atoms with Crippen molar-refractivity contribution in [2.45, 2.75) is 19.4 Å². The molecule has 6 nitrogen and oxygen atoms in total. The predicted octanol–water partition coefficient (Wildman–Crippen LogP) is 1.70. The molecule has 1 heterocycles. The molecule has 0 unspecified atom stereocenters. The van der Waals surface area contributed by atoms with Gasteiger partial charge in [-0.3, -0.25) is 14.9 Å². The number of amides is 1. The van der Waals surface area contributed by atoms with Crippen LogP contribution in [-0.2, 0) is 0 Å². The molecule has 0 bridgehead atoms. The van der Waals surface area contributed by atoms with E-state index < -0.39 is 39.3 Å². The highest BCUT2D eigenvalue weighted by atomic mass is 19.1. The zero-order chi connectivity index (χ0) is 15.8. The topological polar surface area (TPSA) is 75.5 Å². The van der Waals surface area contributed by atoms with Crippen LogP contribution in [0.3, 0.4) is 0 Å². The summed E-state index contributed by atoms with van der Waals surface area (Å²) in [5, 5.41) is 13.8. The lowest BCUT2D eigenvalue weighted by Crippen LogP contribution is -2.60. The second-order valence-corrected chi connectivity index (χ2v) is 5.49. The number of nitro groups is 1. The summed E-state index contributed by atoms with van der Waals surface area (Å²) in [5.41, 5.74) is -2.24. The van der Waals surface area contributed by atoms with Gasteiger partial charge in [-0.2, -0.15) is 4.39 Å². The first-order chi connectivity index (χ1) is 9.74. The highest BCUT2D eigenvalue weighted by molar-refractivity contribution is 5.95. The smallest absolute Gasteiger partial charge is 0.308 e. The lowest BCUT2D eigenvalue weighted by atomic mass is 9.98. The van der Waals surface area contributed by atoms with Crippen LogP contribution in [0.15, 0.2) is 12.1 Å². The molecule has 1 aliphatic rings. The zero-order valence-corrected chi connectivity index (χ0v) is 11.7. The van der Waals surface area contributed by atoms with Crippen molar-refractivity contribution in [1.82, 2.24) is 10.2 Å². The van der Waals surface area contributed by atoms with E-state index in [-0.39, 0.29) is 0 Å². The van der Waals surface area contributed by atoms with Gasteiger partial charge in [0, 0.05) is 19.6 Å². The molecule has 0 radical (unpaired) electrons. The van der Waals surface area contributed by atoms with E-state index in [1.165, 1.54) is 4.90 Å². The number of rotatable bonds is 2. The fourth-order valence-corrected chi connectivity index (χ4v) is 2.37. The molecule has 8 heteroatoms. The summed E-state index contributed by atoms with van der Waals surface area (Å²) in [7, 11) is 0. The van der Waals surface area contributed by atoms with Crippen LogP contribution in [0.2, 0.25) is 0 Å². The van der Waals surface area contributed by atoms with E-state index in [2.05, 4.69) is 5.32 Å². The van der Waals surface area contributed by atoms with Gasteiger partial charge in [0.25, 0.3) is 5.91 Å². The third-order valence-corrected chi connectivity index (χ3v) is 3.49. The van der Waals surface area contributed by atoms with E-state index in [1.807, 2.05) is 0 Å². The van der Waals surface area contributed by atoms with E-state index in [0.29, 0.717) is 31.8 Å². The molecule has 0 aromatic heterocycles. The van der Waals surface area contributed by atoms with Crippen LogP contribution in [0.25, 0.3) is 0 Å². The standard InChI is InChI=1S/C13H15F2N3O3/c1-13(2)7-16-3-4-17(13)12(19)9-5-8(14)6-10(11(9)15)18(20)21/h5-6,16H,3-4,7H2,1-2H3. The maximum Gasteiger partial charge on any atom is 0.308 e. The summed E-state index contributed by atoms with van der Waals surface area (Å²) in [4.78, 5) is 23.5. The van der Waals surface area contributed by atoms with E-state index >= 15 is 0 Å². The Morgan fingerprint density at radius 1 is 1.43 bits per heavy atom. The molecule has 1 amide bonds. The molecule has 0 saturated carbocycles. The van der Waals surface area contributed by atoms with Crippen LogP contribution in [-0.4, -0.2) is 40.9 Å². The molecule has 0 aliphatic carbocycles. The number of hydrogen-bond donors (Lipinski definition) is 1. The van der Waals surface area contributed by atoms with E-state index in [4.69, 9.17) is 0 Å². The van der Waals surface area contributed by atoms with Gasteiger partial charge in [-0.05, 0) is 19.9 Å². The third-order valence-electron chi connectivity index (χ3n) is 3.49. The van der Waals surface area contributed by atoms with Gasteiger partial charge in [0.2, 0.25) is 5.82 Å². The second kappa shape index (κ2) is 5.36. The highest BCUT2D eigenvalue weighted by Crippen LogP contribution is 2.26. The fraction of sp³-hybridized carbons (Fsp3) is 0.462. The van der Waals surface area contributed by atoms with Crippen LogP contribution < -0.4 is 5.32 Å². The summed E-state index contributed by atoms with van der Waals surface area (Å²) < 4.78 is 27.5. The first-order valence-corrected chi connectivity index (χ1v) is 6.40. The number of carbonyl (C=O) groups is 1. The average molecular weight is 299 g/mol. The zero-order valence-electron chi connectivity index (χ0n) is 11.7. The lowest BCUT2D eigenvalue weighted by Gasteiger charge is -2.42. The molecule has 0 spiro atoms. The molecule has 1 aromatic rings. The molecule has 21 heavy (non-hydrogen) atoms. The fourth-order valence-electron chi connectivity index (χ4n) is 2.37. The first-order valence-electron chi connectivity index (χ1n) is 6.40. The minimum absolute atomic E-state index is 0.315. The van der Waals surface area contributed by atoms with Crippen LogP contribution in [0.5, 0.6) is 0 Å². The molecule has 114 valence electrons. The maximum atomic E-state index is 14.1. The Balaban J connectivity index is 2.46. The highest BCUT2D eigenvalue weighted by Gasteiger charge is 2.36. The van der Waals surface area contributed by atoms with Crippen molar-refractivity contribution in [3.8, 4) is 0 Å². The monoisotopic (exact) mass is 299 g/mol. The van der Waals surface area contributed by atoms with Gasteiger partial charge in [0.15, 0.2) is 0 Å². The van der Waals surface area contributed by atoms with Gasteiger partial charge in [-0.15, -0.1) is 0 Å². The van der Waals surface area contributed by atoms with Crippen molar-refractivity contribution in [1.29, 1.82) is 0 Å². The summed E-state index contributed by atoms with van der Waals surface area (Å²) >= 11 is 0. The second-order valence-electron chi connectivity index (χ2n) is 5.49. The molecule has 1 fully saturated rings. The summed E-state index contributed by atoms with van der Waals surface area (Å²) in [6.45, 7) is 4.90. The normalized spacial score (nSPS) is 17.6. The van der Waals surface area contributed by atoms with Crippen molar-refractivity contribution >= 4 is 11.6 Å². The number of hydrogen-bond acceptors (Lipinski definition) is 4. The van der Waals surface area contributed by atoms with Crippen LogP contribution in [0.1, 0.15) is 24.2 Å². The van der Waals surface area contributed by atoms with Gasteiger partial charge < -0.3 is 10.2 Å². The number of benzene rings is 1. The quantitative estimate of drug-likeness (QED) is 0.666. The average Bonchev–Trinajstić information content (AvgIpc) is 2.39. The SMILES string of the molecule is CC1(C)CNCCN1C(=O)c1cc(F)cc([N+](=O)[O-])c1F. The Hall–Kier alpha value is -2.09. The molecular weight excluding hydrogens is 284 g/mol. The summed E-state index contributed by atoms with van der Waals surface area (Å²) in [5.74, 6) is -3.07. The minimum atomic E-state index is -1.30. The predicted molar refractivity (Wildman–Crippen MR) is 71.0 cm³/mol. The number of nitro benzene ring substituents is 1. The number of carbonyl (C=O) groups excluding carboxylic acids is 1. The van der Waals surface area contributed by atoms with Gasteiger partial charge in [-0.1, -0.05) is 0 Å². The molecule has 1 aromatic carbocycles. The van der Waals surface area contributed by atoms with E-state index in [0.717, 1.165) is 0 Å². The molecule has 1 N–H and O–H groups in total. The molecule has 1 aliphatic heterocycles. The van der Waals surface area contributed by atoms with Crippen molar-refractivity contribution in [2.24, 2.45) is 0 Å². The summed E-state index contributed by atoms with van der Waals surface area (Å²) in [6.07, 6.45) is 0. The Kier molecular flexibility index (Phi) is 3.91. The number of nitrogens with zero attached hydrogens (tertiary/aromatic N) is 2. The molecule has 1 saturated heterocycles. The molecule has 2 rings (SSSR count). The van der Waals surface area contributed by atoms with E-state index in [1.54, 1.807) is 13.8 Å². The minimum Gasteiger partial charge on any atom is -0.331 e. The maximum absolute atomic E-state index is 14.1. The Labute approximate surface area is 119 Å². The van der Waals surface area contributed by atoms with Crippen molar-refractivity contribution in [2.75, 3.05) is 19.6 Å². The van der Waals surface area contributed by atoms with Gasteiger partial charge in [0.05, 0.1) is 22.1 Å². The van der Waals surface area contributed by atoms with Crippen LogP contribution in [0.4, 0.5) is 14.5 Å². The van der Waals surface area contributed by atoms with Crippen molar-refractivity contribution in [3.63, 3.8) is 0 Å². The number of halogens is 2. The largest absolute Gasteiger partial charge is 0.331 e.